The van der Waals surface area contributed by atoms with Crippen LogP contribution in [0.25, 0.3) is 0 Å². The molecule has 0 radical (unpaired) electrons. The molecule has 172 valence electrons. The number of aromatic nitrogens is 2. The molecule has 32 heavy (non-hydrogen) atoms. The van der Waals surface area contributed by atoms with Gasteiger partial charge in [0.1, 0.15) is 5.82 Å². The molecule has 9 nitrogen and oxygen atoms in total. The van der Waals surface area contributed by atoms with E-state index in [-0.39, 0.29) is 41.7 Å². The normalized spacial score (nSPS) is 13.4. The number of rotatable bonds is 8. The second-order valence-corrected chi connectivity index (χ2v) is 9.15. The third-order valence-electron chi connectivity index (χ3n) is 5.17. The van der Waals surface area contributed by atoms with E-state index >= 15 is 0 Å². The standard InChI is InChI=1S/C23H31N5O4/c1-13(2)11-27(18-19(24)28(12-14(3)4)23(32)26-21(18)30)22(31)16-7-9-17(10-8-16)25-20(29)15-5-6-15/h7-10,13-15H,5-6,11-12,24H2,1-4H3,(H,25,29)(H,26,30,32). The van der Waals surface area contributed by atoms with Gasteiger partial charge in [-0.2, -0.15) is 0 Å². The number of amides is 2. The van der Waals surface area contributed by atoms with Gasteiger partial charge in [-0.05, 0) is 48.9 Å². The van der Waals surface area contributed by atoms with Crippen LogP contribution in [-0.2, 0) is 11.3 Å². The molecule has 9 heteroatoms. The first-order valence-electron chi connectivity index (χ1n) is 10.9. The summed E-state index contributed by atoms with van der Waals surface area (Å²) in [5.41, 5.74) is 5.86. The number of nitrogens with two attached hydrogens (primary N) is 1. The van der Waals surface area contributed by atoms with Crippen molar-refractivity contribution in [3.8, 4) is 0 Å². The van der Waals surface area contributed by atoms with Crippen molar-refractivity contribution in [2.45, 2.75) is 47.1 Å². The molecule has 0 unspecified atom stereocenters. The number of hydrogen-bond acceptors (Lipinski definition) is 5. The maximum absolute atomic E-state index is 13.4. The SMILES string of the molecule is CC(C)CN(C(=O)c1ccc(NC(=O)C2CC2)cc1)c1c(N)n(CC(C)C)c(=O)[nH]c1=O. The molecule has 1 heterocycles. The van der Waals surface area contributed by atoms with Gasteiger partial charge in [-0.1, -0.05) is 27.7 Å². The van der Waals surface area contributed by atoms with Crippen LogP contribution in [0.5, 0.6) is 0 Å². The zero-order valence-electron chi connectivity index (χ0n) is 19.0. The van der Waals surface area contributed by atoms with Crippen molar-refractivity contribution >= 4 is 29.0 Å². The second kappa shape index (κ2) is 9.42. The van der Waals surface area contributed by atoms with Gasteiger partial charge in [-0.25, -0.2) is 4.79 Å². The van der Waals surface area contributed by atoms with Gasteiger partial charge in [-0.3, -0.25) is 23.9 Å². The molecule has 1 aromatic carbocycles. The van der Waals surface area contributed by atoms with Crippen molar-refractivity contribution in [1.82, 2.24) is 9.55 Å². The van der Waals surface area contributed by atoms with Crippen LogP contribution < -0.4 is 27.2 Å². The first kappa shape index (κ1) is 23.3. The fourth-order valence-electron chi connectivity index (χ4n) is 3.47. The molecule has 1 saturated carbocycles. The predicted molar refractivity (Wildman–Crippen MR) is 125 cm³/mol. The summed E-state index contributed by atoms with van der Waals surface area (Å²) < 4.78 is 1.29. The lowest BCUT2D eigenvalue weighted by molar-refractivity contribution is -0.117. The Morgan fingerprint density at radius 3 is 2.28 bits per heavy atom. The molecular weight excluding hydrogens is 410 g/mol. The predicted octanol–water partition coefficient (Wildman–Crippen LogP) is 2.43. The lowest BCUT2D eigenvalue weighted by Gasteiger charge is -2.26. The number of anilines is 3. The number of carbonyl (C=O) groups excluding carboxylic acids is 2. The minimum Gasteiger partial charge on any atom is -0.383 e. The summed E-state index contributed by atoms with van der Waals surface area (Å²) in [5, 5.41) is 2.84. The number of H-pyrrole nitrogens is 1. The number of carbonyl (C=O) groups is 2. The molecule has 0 aliphatic heterocycles. The quantitative estimate of drug-likeness (QED) is 0.579. The van der Waals surface area contributed by atoms with E-state index in [1.807, 2.05) is 27.7 Å². The number of nitrogens with zero attached hydrogens (tertiary/aromatic N) is 2. The third kappa shape index (κ3) is 5.27. The number of nitrogen functional groups attached to an aromatic ring is 1. The Labute approximate surface area is 186 Å². The van der Waals surface area contributed by atoms with Crippen LogP contribution in [0.15, 0.2) is 33.9 Å². The Morgan fingerprint density at radius 1 is 1.12 bits per heavy atom. The van der Waals surface area contributed by atoms with E-state index in [0.717, 1.165) is 12.8 Å². The van der Waals surface area contributed by atoms with E-state index in [1.165, 1.54) is 9.47 Å². The molecule has 1 aromatic heterocycles. The molecule has 0 atom stereocenters. The van der Waals surface area contributed by atoms with Crippen molar-refractivity contribution in [2.24, 2.45) is 17.8 Å². The number of hydrogen-bond donors (Lipinski definition) is 3. The summed E-state index contributed by atoms with van der Waals surface area (Å²) in [5.74, 6) is -0.228. The van der Waals surface area contributed by atoms with E-state index < -0.39 is 17.2 Å². The average Bonchev–Trinajstić information content (AvgIpc) is 3.55. The van der Waals surface area contributed by atoms with Crippen molar-refractivity contribution in [3.05, 3.63) is 50.7 Å². The summed E-state index contributed by atoms with van der Waals surface area (Å²) in [6, 6.07) is 6.53. The fraction of sp³-hybridized carbons (Fsp3) is 0.478. The smallest absolute Gasteiger partial charge is 0.330 e. The summed E-state index contributed by atoms with van der Waals surface area (Å²) in [6.45, 7) is 8.25. The van der Waals surface area contributed by atoms with Gasteiger partial charge in [0.25, 0.3) is 11.5 Å². The lowest BCUT2D eigenvalue weighted by atomic mass is 10.1. The van der Waals surface area contributed by atoms with E-state index in [4.69, 9.17) is 5.73 Å². The molecule has 0 bridgehead atoms. The monoisotopic (exact) mass is 441 g/mol. The topological polar surface area (TPSA) is 130 Å². The van der Waals surface area contributed by atoms with Crippen LogP contribution in [0.2, 0.25) is 0 Å². The first-order valence-corrected chi connectivity index (χ1v) is 10.9. The summed E-state index contributed by atoms with van der Waals surface area (Å²) in [7, 11) is 0. The Hall–Kier alpha value is -3.36. The van der Waals surface area contributed by atoms with Crippen molar-refractivity contribution in [2.75, 3.05) is 22.5 Å². The van der Waals surface area contributed by atoms with Crippen LogP contribution >= 0.6 is 0 Å². The lowest BCUT2D eigenvalue weighted by Crippen LogP contribution is -2.43. The van der Waals surface area contributed by atoms with E-state index in [1.54, 1.807) is 24.3 Å². The highest BCUT2D eigenvalue weighted by Crippen LogP contribution is 2.30. The van der Waals surface area contributed by atoms with Gasteiger partial charge >= 0.3 is 5.69 Å². The maximum Gasteiger partial charge on any atom is 0.330 e. The van der Waals surface area contributed by atoms with Crippen molar-refractivity contribution in [3.63, 3.8) is 0 Å². The molecule has 1 aliphatic carbocycles. The van der Waals surface area contributed by atoms with Crippen LogP contribution in [0, 0.1) is 17.8 Å². The zero-order chi connectivity index (χ0) is 23.6. The average molecular weight is 442 g/mol. The highest BCUT2D eigenvalue weighted by atomic mass is 16.2. The molecule has 0 spiro atoms. The van der Waals surface area contributed by atoms with Crippen LogP contribution in [0.4, 0.5) is 17.2 Å². The summed E-state index contributed by atoms with van der Waals surface area (Å²) >= 11 is 0. The highest BCUT2D eigenvalue weighted by Gasteiger charge is 2.30. The van der Waals surface area contributed by atoms with Gasteiger partial charge in [0.2, 0.25) is 5.91 Å². The molecular formula is C23H31N5O4. The second-order valence-electron chi connectivity index (χ2n) is 9.15. The minimum absolute atomic E-state index is 0.0165. The third-order valence-corrected chi connectivity index (χ3v) is 5.17. The van der Waals surface area contributed by atoms with Crippen LogP contribution in [0.3, 0.4) is 0 Å². The van der Waals surface area contributed by atoms with Gasteiger partial charge < -0.3 is 16.0 Å². The molecule has 3 rings (SSSR count). The van der Waals surface area contributed by atoms with E-state index in [9.17, 15) is 19.2 Å². The Bertz CT molecular complexity index is 1110. The maximum atomic E-state index is 13.4. The zero-order valence-corrected chi connectivity index (χ0v) is 19.0. The summed E-state index contributed by atoms with van der Waals surface area (Å²) in [6.07, 6.45) is 1.81. The molecule has 2 amide bonds. The van der Waals surface area contributed by atoms with Crippen LogP contribution in [0.1, 0.15) is 50.9 Å². The molecule has 1 aliphatic rings. The Morgan fingerprint density at radius 2 is 1.75 bits per heavy atom. The first-order chi connectivity index (χ1) is 15.1. The van der Waals surface area contributed by atoms with Gasteiger partial charge in [0.15, 0.2) is 5.69 Å². The van der Waals surface area contributed by atoms with Gasteiger partial charge in [0.05, 0.1) is 0 Å². The van der Waals surface area contributed by atoms with Crippen LogP contribution in [-0.4, -0.2) is 27.9 Å². The molecule has 2 aromatic rings. The van der Waals surface area contributed by atoms with Crippen molar-refractivity contribution < 1.29 is 9.59 Å². The Balaban J connectivity index is 1.96. The fourth-order valence-corrected chi connectivity index (χ4v) is 3.47. The van der Waals surface area contributed by atoms with Gasteiger partial charge in [0, 0.05) is 30.3 Å². The molecule has 0 saturated heterocycles. The largest absolute Gasteiger partial charge is 0.383 e. The minimum atomic E-state index is -0.699. The number of nitrogens with one attached hydrogen (secondary N) is 2. The van der Waals surface area contributed by atoms with Gasteiger partial charge in [-0.15, -0.1) is 0 Å². The summed E-state index contributed by atoms with van der Waals surface area (Å²) in [4.78, 5) is 54.0. The highest BCUT2D eigenvalue weighted by molar-refractivity contribution is 6.07. The molecule has 1 fully saturated rings. The number of benzene rings is 1. The van der Waals surface area contributed by atoms with Crippen molar-refractivity contribution in [1.29, 1.82) is 0 Å². The molecule has 4 N–H and O–H groups in total. The van der Waals surface area contributed by atoms with E-state index in [0.29, 0.717) is 17.8 Å². The Kier molecular flexibility index (Phi) is 6.86. The van der Waals surface area contributed by atoms with E-state index in [2.05, 4.69) is 10.3 Å². The number of aromatic amines is 1.